The van der Waals surface area contributed by atoms with E-state index in [-0.39, 0.29) is 23.8 Å². The highest BCUT2D eigenvalue weighted by atomic mass is 16.3. The smallest absolute Gasteiger partial charge is 0.227 e. The van der Waals surface area contributed by atoms with Gasteiger partial charge in [-0.25, -0.2) is 0 Å². The molecule has 3 N–H and O–H groups in total. The molecular weight excluding hydrogens is 216 g/mol. The van der Waals surface area contributed by atoms with E-state index >= 15 is 0 Å². The summed E-state index contributed by atoms with van der Waals surface area (Å²) in [4.78, 5) is 14.2. The zero-order valence-electron chi connectivity index (χ0n) is 10.8. The van der Waals surface area contributed by atoms with Gasteiger partial charge in [-0.2, -0.15) is 0 Å². The van der Waals surface area contributed by atoms with Gasteiger partial charge in [0.1, 0.15) is 0 Å². The van der Waals surface area contributed by atoms with Crippen LogP contribution in [0.3, 0.4) is 0 Å². The maximum atomic E-state index is 12.3. The number of rotatable bonds is 3. The molecule has 2 fully saturated rings. The monoisotopic (exact) mass is 240 g/mol. The lowest BCUT2D eigenvalue weighted by atomic mass is 9.94. The Hall–Kier alpha value is -0.610. The molecule has 4 heteroatoms. The number of carbonyl (C=O) groups excluding carboxylic acids is 1. The van der Waals surface area contributed by atoms with Crippen LogP contribution in [0.4, 0.5) is 0 Å². The van der Waals surface area contributed by atoms with Crippen molar-refractivity contribution >= 4 is 5.91 Å². The topological polar surface area (TPSA) is 66.6 Å². The number of amides is 1. The van der Waals surface area contributed by atoms with Crippen molar-refractivity contribution in [3.63, 3.8) is 0 Å². The highest BCUT2D eigenvalue weighted by Gasteiger charge is 2.44. The third-order valence-electron chi connectivity index (χ3n) is 4.51. The standard InChI is InChI=1S/C13H24N2O2/c1-8(2)10(5-14)13(17)15-6-9-3-4-12(16)11(9)7-15/h8-12,16H,3-7,14H2,1-2H3. The molecule has 2 rings (SSSR count). The summed E-state index contributed by atoms with van der Waals surface area (Å²) in [5, 5.41) is 9.84. The fourth-order valence-corrected chi connectivity index (χ4v) is 3.31. The van der Waals surface area contributed by atoms with E-state index in [0.717, 1.165) is 25.9 Å². The molecule has 1 aliphatic heterocycles. The van der Waals surface area contributed by atoms with Crippen molar-refractivity contribution in [2.75, 3.05) is 19.6 Å². The maximum absolute atomic E-state index is 12.3. The van der Waals surface area contributed by atoms with Gasteiger partial charge < -0.3 is 15.7 Å². The van der Waals surface area contributed by atoms with E-state index in [0.29, 0.717) is 18.4 Å². The molecule has 0 aromatic rings. The molecule has 1 heterocycles. The summed E-state index contributed by atoms with van der Waals surface area (Å²) in [6, 6.07) is 0. The second-order valence-electron chi connectivity index (χ2n) is 5.90. The molecule has 0 spiro atoms. The molecular formula is C13H24N2O2. The fraction of sp³-hybridized carbons (Fsp3) is 0.923. The fourth-order valence-electron chi connectivity index (χ4n) is 3.31. The van der Waals surface area contributed by atoms with Crippen LogP contribution < -0.4 is 5.73 Å². The Balaban J connectivity index is 1.98. The Bertz CT molecular complexity index is 293. The van der Waals surface area contributed by atoms with Crippen molar-refractivity contribution in [3.8, 4) is 0 Å². The van der Waals surface area contributed by atoms with Gasteiger partial charge in [-0.05, 0) is 24.7 Å². The quantitative estimate of drug-likeness (QED) is 0.752. The van der Waals surface area contributed by atoms with Gasteiger partial charge in [0, 0.05) is 25.6 Å². The van der Waals surface area contributed by atoms with Gasteiger partial charge in [-0.15, -0.1) is 0 Å². The van der Waals surface area contributed by atoms with Crippen LogP contribution in [0, 0.1) is 23.7 Å². The minimum Gasteiger partial charge on any atom is -0.393 e. The Labute approximate surface area is 103 Å². The lowest BCUT2D eigenvalue weighted by Gasteiger charge is -2.26. The van der Waals surface area contributed by atoms with Gasteiger partial charge in [-0.3, -0.25) is 4.79 Å². The molecule has 98 valence electrons. The molecule has 0 bridgehead atoms. The number of likely N-dealkylation sites (tertiary alicyclic amines) is 1. The van der Waals surface area contributed by atoms with E-state index < -0.39 is 0 Å². The van der Waals surface area contributed by atoms with Gasteiger partial charge in [0.2, 0.25) is 5.91 Å². The first-order valence-corrected chi connectivity index (χ1v) is 6.71. The van der Waals surface area contributed by atoms with E-state index in [2.05, 4.69) is 0 Å². The van der Waals surface area contributed by atoms with Crippen molar-refractivity contribution in [2.24, 2.45) is 29.4 Å². The third kappa shape index (κ3) is 2.33. The van der Waals surface area contributed by atoms with Crippen LogP contribution in [-0.4, -0.2) is 41.7 Å². The third-order valence-corrected chi connectivity index (χ3v) is 4.51. The van der Waals surface area contributed by atoms with E-state index in [4.69, 9.17) is 5.73 Å². The zero-order valence-corrected chi connectivity index (χ0v) is 10.8. The number of aliphatic hydroxyl groups excluding tert-OH is 1. The predicted octanol–water partition coefficient (Wildman–Crippen LogP) is 0.447. The second-order valence-corrected chi connectivity index (χ2v) is 5.90. The second kappa shape index (κ2) is 4.94. The number of nitrogens with two attached hydrogens (primary N) is 1. The molecule has 2 aliphatic rings. The van der Waals surface area contributed by atoms with Gasteiger partial charge >= 0.3 is 0 Å². The average molecular weight is 240 g/mol. The highest BCUT2D eigenvalue weighted by molar-refractivity contribution is 5.79. The van der Waals surface area contributed by atoms with Crippen molar-refractivity contribution < 1.29 is 9.90 Å². The van der Waals surface area contributed by atoms with E-state index in [1.54, 1.807) is 0 Å². The average Bonchev–Trinajstić information content (AvgIpc) is 2.81. The summed E-state index contributed by atoms with van der Waals surface area (Å²) in [6.45, 7) is 6.06. The molecule has 4 atom stereocenters. The molecule has 4 unspecified atom stereocenters. The SMILES string of the molecule is CC(C)C(CN)C(=O)N1CC2CCC(O)C2C1. The van der Waals surface area contributed by atoms with Crippen LogP contribution in [0.5, 0.6) is 0 Å². The number of hydrogen-bond acceptors (Lipinski definition) is 3. The molecule has 1 saturated carbocycles. The van der Waals surface area contributed by atoms with Crippen molar-refractivity contribution in [1.82, 2.24) is 4.90 Å². The van der Waals surface area contributed by atoms with E-state index in [1.807, 2.05) is 18.7 Å². The van der Waals surface area contributed by atoms with Crippen LogP contribution >= 0.6 is 0 Å². The van der Waals surface area contributed by atoms with Crippen molar-refractivity contribution in [3.05, 3.63) is 0 Å². The van der Waals surface area contributed by atoms with Crippen LogP contribution in [-0.2, 0) is 4.79 Å². The summed E-state index contributed by atoms with van der Waals surface area (Å²) in [6.07, 6.45) is 1.76. The summed E-state index contributed by atoms with van der Waals surface area (Å²) in [7, 11) is 0. The van der Waals surface area contributed by atoms with Crippen LogP contribution in [0.15, 0.2) is 0 Å². The maximum Gasteiger partial charge on any atom is 0.227 e. The predicted molar refractivity (Wildman–Crippen MR) is 66.2 cm³/mol. The van der Waals surface area contributed by atoms with Crippen LogP contribution in [0.25, 0.3) is 0 Å². The van der Waals surface area contributed by atoms with Crippen molar-refractivity contribution in [2.45, 2.75) is 32.8 Å². The molecule has 0 aromatic heterocycles. The normalized spacial score (nSPS) is 34.2. The minimum absolute atomic E-state index is 0.0639. The highest BCUT2D eigenvalue weighted by Crippen LogP contribution is 2.38. The number of hydrogen-bond donors (Lipinski definition) is 2. The van der Waals surface area contributed by atoms with Gasteiger partial charge in [0.15, 0.2) is 0 Å². The van der Waals surface area contributed by atoms with Crippen LogP contribution in [0.1, 0.15) is 26.7 Å². The molecule has 1 amide bonds. The molecule has 0 radical (unpaired) electrons. The summed E-state index contributed by atoms with van der Waals surface area (Å²) < 4.78 is 0. The van der Waals surface area contributed by atoms with E-state index in [9.17, 15) is 9.90 Å². The van der Waals surface area contributed by atoms with Gasteiger partial charge in [-0.1, -0.05) is 13.8 Å². The van der Waals surface area contributed by atoms with Gasteiger partial charge in [0.05, 0.1) is 12.0 Å². The first kappa shape index (κ1) is 12.8. The van der Waals surface area contributed by atoms with E-state index in [1.165, 1.54) is 0 Å². The Morgan fingerprint density at radius 3 is 2.65 bits per heavy atom. The largest absolute Gasteiger partial charge is 0.393 e. The summed E-state index contributed by atoms with van der Waals surface area (Å²) in [5.74, 6) is 1.23. The lowest BCUT2D eigenvalue weighted by Crippen LogP contribution is -2.41. The molecule has 1 saturated heterocycles. The zero-order chi connectivity index (χ0) is 12.6. The molecule has 0 aromatic carbocycles. The molecule has 17 heavy (non-hydrogen) atoms. The van der Waals surface area contributed by atoms with Crippen LogP contribution in [0.2, 0.25) is 0 Å². The Kier molecular flexibility index (Phi) is 3.73. The first-order valence-electron chi connectivity index (χ1n) is 6.71. The number of nitrogens with zero attached hydrogens (tertiary/aromatic N) is 1. The number of carbonyl (C=O) groups is 1. The first-order chi connectivity index (χ1) is 8.04. The summed E-state index contributed by atoms with van der Waals surface area (Å²) >= 11 is 0. The Morgan fingerprint density at radius 2 is 2.12 bits per heavy atom. The molecule has 1 aliphatic carbocycles. The van der Waals surface area contributed by atoms with Crippen molar-refractivity contribution in [1.29, 1.82) is 0 Å². The lowest BCUT2D eigenvalue weighted by molar-refractivity contribution is -0.136. The summed E-state index contributed by atoms with van der Waals surface area (Å²) in [5.41, 5.74) is 5.69. The van der Waals surface area contributed by atoms with Gasteiger partial charge in [0.25, 0.3) is 0 Å². The number of fused-ring (bicyclic) bond motifs is 1. The molecule has 4 nitrogen and oxygen atoms in total. The Morgan fingerprint density at radius 1 is 1.41 bits per heavy atom. The number of aliphatic hydroxyl groups is 1. The minimum atomic E-state index is -0.201.